The van der Waals surface area contributed by atoms with E-state index in [1.165, 1.54) is 18.3 Å². The Kier molecular flexibility index (Phi) is 8.18. The molecule has 2 fully saturated rings. The number of nitrogens with zero attached hydrogens (tertiary/aromatic N) is 4. The van der Waals surface area contributed by atoms with Crippen LogP contribution in [0.25, 0.3) is 0 Å². The van der Waals surface area contributed by atoms with Gasteiger partial charge >= 0.3 is 6.18 Å². The summed E-state index contributed by atoms with van der Waals surface area (Å²) in [6, 6.07) is 7.88. The maximum atomic E-state index is 15.2. The summed E-state index contributed by atoms with van der Waals surface area (Å²) < 4.78 is 99.4. The van der Waals surface area contributed by atoms with E-state index in [1.807, 2.05) is 19.0 Å². The lowest BCUT2D eigenvalue weighted by atomic mass is 9.82. The summed E-state index contributed by atoms with van der Waals surface area (Å²) in [5.41, 5.74) is 0.0805. The van der Waals surface area contributed by atoms with Gasteiger partial charge in [0.1, 0.15) is 23.8 Å². The van der Waals surface area contributed by atoms with E-state index in [0.717, 1.165) is 37.7 Å². The van der Waals surface area contributed by atoms with Gasteiger partial charge in [-0.3, -0.25) is 4.72 Å². The molecule has 2 aliphatic rings. The minimum absolute atomic E-state index is 0.0269. The van der Waals surface area contributed by atoms with Gasteiger partial charge in [-0.1, -0.05) is 12.1 Å². The van der Waals surface area contributed by atoms with E-state index in [2.05, 4.69) is 14.7 Å². The van der Waals surface area contributed by atoms with Crippen LogP contribution < -0.4 is 9.62 Å². The Morgan fingerprint density at radius 1 is 1.10 bits per heavy atom. The molecule has 1 saturated heterocycles. The van der Waals surface area contributed by atoms with Crippen LogP contribution in [0.3, 0.4) is 0 Å². The van der Waals surface area contributed by atoms with Crippen molar-refractivity contribution in [3.8, 4) is 0 Å². The van der Waals surface area contributed by atoms with Gasteiger partial charge in [0.2, 0.25) is 0 Å². The molecule has 1 aliphatic carbocycles. The molecule has 0 bridgehead atoms. The molecule has 7 nitrogen and oxygen atoms in total. The van der Waals surface area contributed by atoms with Crippen LogP contribution in [0.2, 0.25) is 0 Å². The minimum atomic E-state index is -4.61. The molecule has 2 aromatic carbocycles. The predicted octanol–water partition coefficient (Wildman–Crippen LogP) is 5.99. The molecule has 2 heterocycles. The fourth-order valence-electron chi connectivity index (χ4n) is 5.78. The minimum Gasteiger partial charge on any atom is -0.370 e. The van der Waals surface area contributed by atoms with Crippen LogP contribution >= 0.6 is 0 Å². The molecule has 42 heavy (non-hydrogen) atoms. The first-order valence-corrected chi connectivity index (χ1v) is 15.2. The number of piperidine rings is 1. The first kappa shape index (κ1) is 30.1. The quantitative estimate of drug-likeness (QED) is 0.301. The average molecular weight is 610 g/mol. The lowest BCUT2D eigenvalue weighted by Gasteiger charge is -2.48. The number of aromatic nitrogens is 2. The Labute approximate surface area is 241 Å². The van der Waals surface area contributed by atoms with Crippen LogP contribution in [0.4, 0.5) is 33.5 Å². The second kappa shape index (κ2) is 11.4. The topological polar surface area (TPSA) is 78.4 Å². The van der Waals surface area contributed by atoms with Gasteiger partial charge in [-0.25, -0.2) is 27.2 Å². The number of hydrogen-bond acceptors (Lipinski definition) is 6. The average Bonchev–Trinajstić information content (AvgIpc) is 3.77. The summed E-state index contributed by atoms with van der Waals surface area (Å²) in [6.45, 7) is 0.838. The van der Waals surface area contributed by atoms with E-state index in [9.17, 15) is 21.6 Å². The van der Waals surface area contributed by atoms with Crippen molar-refractivity contribution < 1.29 is 30.4 Å². The van der Waals surface area contributed by atoms with Crippen LogP contribution in [-0.4, -0.2) is 56.0 Å². The molecular formula is C29H32F5N5O2S. The van der Waals surface area contributed by atoms with Gasteiger partial charge in [-0.15, -0.1) is 0 Å². The molecule has 1 N–H and O–H groups in total. The van der Waals surface area contributed by atoms with Crippen molar-refractivity contribution in [2.45, 2.75) is 61.1 Å². The number of likely N-dealkylation sites (N-methyl/N-ethyl adjacent to an activating group) is 1. The van der Waals surface area contributed by atoms with Crippen LogP contribution in [0.5, 0.6) is 0 Å². The number of sulfonamides is 1. The maximum Gasteiger partial charge on any atom is 0.416 e. The summed E-state index contributed by atoms with van der Waals surface area (Å²) >= 11 is 0. The highest BCUT2D eigenvalue weighted by Gasteiger charge is 2.40. The standard InChI is InChI=1S/C29H32F5N5O2S/c1-38(2)28(11-8-19-4-7-22(20-5-6-20)23(14-19)29(32,33)34)10-3-13-39(17-28)21-15-24(30)27(25(31)16-21)42(40,41)37-26-9-12-35-18-36-26/h4,7,9,12,14-16,18,20H,3,5-6,8,10-11,13,17H2,1-2H3,(H,35,36,37)/t28-/m0/s1. The number of anilines is 2. The van der Waals surface area contributed by atoms with E-state index in [0.29, 0.717) is 43.5 Å². The van der Waals surface area contributed by atoms with Gasteiger partial charge < -0.3 is 9.80 Å². The van der Waals surface area contributed by atoms with E-state index < -0.39 is 43.8 Å². The number of alkyl halides is 3. The predicted molar refractivity (Wildman–Crippen MR) is 149 cm³/mol. The number of halogens is 5. The van der Waals surface area contributed by atoms with Crippen LogP contribution in [0.1, 0.15) is 54.7 Å². The number of rotatable bonds is 9. The molecule has 5 rings (SSSR count). The Balaban J connectivity index is 1.36. The zero-order valence-electron chi connectivity index (χ0n) is 23.3. The normalized spacial score (nSPS) is 19.8. The van der Waals surface area contributed by atoms with Gasteiger partial charge in [0.15, 0.2) is 4.90 Å². The summed E-state index contributed by atoms with van der Waals surface area (Å²) in [6.07, 6.45) is 1.84. The van der Waals surface area contributed by atoms with Gasteiger partial charge in [0, 0.05) is 30.5 Å². The Hall–Kier alpha value is -3.32. The third-order valence-corrected chi connectivity index (χ3v) is 9.67. The molecular weight excluding hydrogens is 577 g/mol. The number of benzene rings is 2. The van der Waals surface area contributed by atoms with Gasteiger partial charge in [-0.2, -0.15) is 13.2 Å². The largest absolute Gasteiger partial charge is 0.416 e. The highest BCUT2D eigenvalue weighted by atomic mass is 32.2. The second-order valence-electron chi connectivity index (χ2n) is 11.3. The van der Waals surface area contributed by atoms with E-state index in [1.54, 1.807) is 17.0 Å². The Morgan fingerprint density at radius 3 is 2.40 bits per heavy atom. The SMILES string of the molecule is CN(C)[C@]1(CCc2ccc(C3CC3)c(C(F)(F)F)c2)CCCN(c2cc(F)c(S(=O)(=O)Nc3ccncn3)c(F)c2)C1. The third kappa shape index (κ3) is 6.36. The summed E-state index contributed by atoms with van der Waals surface area (Å²) in [7, 11) is -0.843. The smallest absolute Gasteiger partial charge is 0.370 e. The van der Waals surface area contributed by atoms with E-state index in [4.69, 9.17) is 0 Å². The van der Waals surface area contributed by atoms with Crippen LogP contribution in [0, 0.1) is 11.6 Å². The molecule has 1 saturated carbocycles. The zero-order valence-corrected chi connectivity index (χ0v) is 24.1. The number of aryl methyl sites for hydroxylation is 1. The summed E-state index contributed by atoms with van der Waals surface area (Å²) in [5.74, 6) is -2.66. The van der Waals surface area contributed by atoms with Crippen molar-refractivity contribution in [2.75, 3.05) is 36.8 Å². The van der Waals surface area contributed by atoms with Crippen molar-refractivity contribution in [2.24, 2.45) is 0 Å². The Bertz CT molecular complexity index is 1520. The third-order valence-electron chi connectivity index (χ3n) is 8.26. The number of hydrogen-bond donors (Lipinski definition) is 1. The highest BCUT2D eigenvalue weighted by Crippen LogP contribution is 2.46. The fraction of sp³-hybridized carbons (Fsp3) is 0.448. The lowest BCUT2D eigenvalue weighted by molar-refractivity contribution is -0.138. The van der Waals surface area contributed by atoms with Crippen molar-refractivity contribution in [1.29, 1.82) is 0 Å². The summed E-state index contributed by atoms with van der Waals surface area (Å²) in [5, 5.41) is 0. The monoisotopic (exact) mass is 609 g/mol. The van der Waals surface area contributed by atoms with Gasteiger partial charge in [0.05, 0.1) is 5.56 Å². The zero-order chi connectivity index (χ0) is 30.3. The highest BCUT2D eigenvalue weighted by molar-refractivity contribution is 7.92. The van der Waals surface area contributed by atoms with Crippen molar-refractivity contribution in [3.05, 3.63) is 77.2 Å². The van der Waals surface area contributed by atoms with Crippen LogP contribution in [-0.2, 0) is 22.6 Å². The first-order valence-electron chi connectivity index (χ1n) is 13.7. The van der Waals surface area contributed by atoms with Crippen molar-refractivity contribution in [3.63, 3.8) is 0 Å². The van der Waals surface area contributed by atoms with Gasteiger partial charge in [-0.05, 0) is 93.9 Å². The molecule has 0 unspecified atom stereocenters. The molecule has 1 atom stereocenters. The summed E-state index contributed by atoms with van der Waals surface area (Å²) in [4.78, 5) is 10.1. The molecule has 0 spiro atoms. The number of nitrogens with one attached hydrogen (secondary N) is 1. The van der Waals surface area contributed by atoms with Gasteiger partial charge in [0.25, 0.3) is 10.0 Å². The molecule has 1 aliphatic heterocycles. The second-order valence-corrected chi connectivity index (χ2v) is 12.9. The fourth-order valence-corrected chi connectivity index (χ4v) is 6.91. The maximum absolute atomic E-state index is 15.2. The Morgan fingerprint density at radius 2 is 1.81 bits per heavy atom. The van der Waals surface area contributed by atoms with Crippen molar-refractivity contribution >= 4 is 21.5 Å². The molecule has 13 heteroatoms. The van der Waals surface area contributed by atoms with Crippen LogP contribution in [0.15, 0.2) is 53.8 Å². The van der Waals surface area contributed by atoms with E-state index >= 15 is 8.78 Å². The molecule has 0 amide bonds. The molecule has 226 valence electrons. The van der Waals surface area contributed by atoms with E-state index in [-0.39, 0.29) is 17.4 Å². The lowest BCUT2D eigenvalue weighted by Crippen LogP contribution is -2.56. The molecule has 0 radical (unpaired) electrons. The molecule has 1 aromatic heterocycles. The van der Waals surface area contributed by atoms with Crippen molar-refractivity contribution in [1.82, 2.24) is 14.9 Å². The first-order chi connectivity index (χ1) is 19.8. The molecule has 3 aromatic rings.